The van der Waals surface area contributed by atoms with Crippen molar-refractivity contribution in [1.29, 1.82) is 0 Å². The first kappa shape index (κ1) is 17.6. The van der Waals surface area contributed by atoms with E-state index >= 15 is 0 Å². The van der Waals surface area contributed by atoms with Gasteiger partial charge in [0.1, 0.15) is 17.3 Å². The lowest BCUT2D eigenvalue weighted by Gasteiger charge is -2.32. The molecule has 0 aliphatic heterocycles. The van der Waals surface area contributed by atoms with Crippen molar-refractivity contribution >= 4 is 31.6 Å². The lowest BCUT2D eigenvalue weighted by molar-refractivity contribution is 0.108. The predicted molar refractivity (Wildman–Crippen MR) is 106 cm³/mol. The van der Waals surface area contributed by atoms with E-state index < -0.39 is 6.10 Å². The van der Waals surface area contributed by atoms with Gasteiger partial charge in [-0.3, -0.25) is 0 Å². The zero-order chi connectivity index (χ0) is 18.3. The molecule has 2 aromatic heterocycles. The number of rotatable bonds is 4. The van der Waals surface area contributed by atoms with Crippen molar-refractivity contribution in [1.82, 2.24) is 14.9 Å². The summed E-state index contributed by atoms with van der Waals surface area (Å²) in [6, 6.07) is 6.71. The fourth-order valence-corrected chi connectivity index (χ4v) is 4.80. The number of nitrogens with zero attached hydrogens (tertiary/aromatic N) is 3. The van der Waals surface area contributed by atoms with Gasteiger partial charge in [-0.05, 0) is 64.4 Å². The normalized spacial score (nSPS) is 22.2. The van der Waals surface area contributed by atoms with Gasteiger partial charge >= 0.3 is 0 Å². The molecule has 0 spiro atoms. The van der Waals surface area contributed by atoms with Crippen molar-refractivity contribution in [2.45, 2.75) is 50.9 Å². The van der Waals surface area contributed by atoms with Crippen molar-refractivity contribution in [3.63, 3.8) is 0 Å². The first-order valence-corrected chi connectivity index (χ1v) is 10.0. The Balaban J connectivity index is 1.67. The lowest BCUT2D eigenvalue weighted by atomic mass is 9.92. The maximum Gasteiger partial charge on any atom is 0.226 e. The summed E-state index contributed by atoms with van der Waals surface area (Å²) in [5, 5.41) is 12.0. The Kier molecular flexibility index (Phi) is 4.82. The third kappa shape index (κ3) is 3.29. The van der Waals surface area contributed by atoms with E-state index in [2.05, 4.69) is 35.0 Å². The highest BCUT2D eigenvalue weighted by atomic mass is 32.1. The Morgan fingerprint density at radius 2 is 1.96 bits per heavy atom. The summed E-state index contributed by atoms with van der Waals surface area (Å²) in [4.78, 5) is 12.1. The fourth-order valence-electron chi connectivity index (χ4n) is 3.78. The highest BCUT2D eigenvalue weighted by molar-refractivity contribution is 7.25. The smallest absolute Gasteiger partial charge is 0.226 e. The molecule has 1 aliphatic carbocycles. The topological polar surface area (TPSA) is 58.5 Å². The number of aromatic nitrogens is 2. The van der Waals surface area contributed by atoms with Crippen LogP contribution in [0.15, 0.2) is 24.5 Å². The van der Waals surface area contributed by atoms with Gasteiger partial charge in [0.2, 0.25) is 5.88 Å². The first-order chi connectivity index (χ1) is 12.5. The van der Waals surface area contributed by atoms with Crippen LogP contribution in [0.25, 0.3) is 20.3 Å². The molecule has 1 fully saturated rings. The van der Waals surface area contributed by atoms with Crippen LogP contribution in [0.4, 0.5) is 0 Å². The maximum atomic E-state index is 9.93. The zero-order valence-corrected chi connectivity index (χ0v) is 16.3. The van der Waals surface area contributed by atoms with Crippen molar-refractivity contribution in [2.24, 2.45) is 0 Å². The number of aliphatic hydroxyl groups excluding tert-OH is 1. The molecule has 0 saturated heterocycles. The molecule has 0 unspecified atom stereocenters. The number of aliphatic hydroxyl groups is 1. The monoisotopic (exact) mass is 371 g/mol. The Morgan fingerprint density at radius 3 is 2.65 bits per heavy atom. The average molecular weight is 372 g/mol. The molecule has 26 heavy (non-hydrogen) atoms. The van der Waals surface area contributed by atoms with Gasteiger partial charge in [0, 0.05) is 16.1 Å². The van der Waals surface area contributed by atoms with Gasteiger partial charge in [-0.2, -0.15) is 0 Å². The second-order valence-electron chi connectivity index (χ2n) is 7.40. The van der Waals surface area contributed by atoms with E-state index in [-0.39, 0.29) is 6.10 Å². The third-order valence-corrected chi connectivity index (χ3v) is 6.47. The van der Waals surface area contributed by atoms with Gasteiger partial charge < -0.3 is 14.7 Å². The second-order valence-corrected chi connectivity index (χ2v) is 8.44. The zero-order valence-electron chi connectivity index (χ0n) is 15.5. The number of ether oxygens (including phenoxy) is 1. The number of thiophene rings is 1. The van der Waals surface area contributed by atoms with E-state index in [0.29, 0.717) is 11.9 Å². The Labute approximate surface area is 157 Å². The largest absolute Gasteiger partial charge is 0.474 e. The molecule has 1 atom stereocenters. The molecule has 138 valence electrons. The molecule has 0 bridgehead atoms. The van der Waals surface area contributed by atoms with Crippen LogP contribution in [0, 0.1) is 0 Å². The predicted octanol–water partition coefficient (Wildman–Crippen LogP) is 4.15. The summed E-state index contributed by atoms with van der Waals surface area (Å²) in [5.41, 5.74) is 0.901. The van der Waals surface area contributed by atoms with E-state index in [4.69, 9.17) is 4.74 Å². The minimum Gasteiger partial charge on any atom is -0.474 e. The van der Waals surface area contributed by atoms with Crippen LogP contribution < -0.4 is 4.74 Å². The summed E-state index contributed by atoms with van der Waals surface area (Å²) >= 11 is 1.64. The summed E-state index contributed by atoms with van der Waals surface area (Å²) in [7, 11) is 4.30. The molecule has 6 heteroatoms. The molecule has 1 aliphatic rings. The summed E-state index contributed by atoms with van der Waals surface area (Å²) < 4.78 is 7.48. The molecule has 0 radical (unpaired) electrons. The fraction of sp³-hybridized carbons (Fsp3) is 0.500. The molecule has 5 nitrogen and oxygen atoms in total. The van der Waals surface area contributed by atoms with Gasteiger partial charge in [-0.25, -0.2) is 9.97 Å². The van der Waals surface area contributed by atoms with Crippen molar-refractivity contribution in [3.05, 3.63) is 30.1 Å². The van der Waals surface area contributed by atoms with Gasteiger partial charge in [-0.15, -0.1) is 11.3 Å². The average Bonchev–Trinajstić information content (AvgIpc) is 3.00. The number of hydrogen-bond donors (Lipinski definition) is 1. The Hall–Kier alpha value is -1.76. The summed E-state index contributed by atoms with van der Waals surface area (Å²) in [6.07, 6.45) is 5.72. The molecule has 2 heterocycles. The third-order valence-electron chi connectivity index (χ3n) is 5.39. The first-order valence-electron chi connectivity index (χ1n) is 9.21. The van der Waals surface area contributed by atoms with Gasteiger partial charge in [0.05, 0.1) is 11.5 Å². The van der Waals surface area contributed by atoms with Crippen LogP contribution in [0.3, 0.4) is 0 Å². The number of fused-ring (bicyclic) bond motifs is 3. The highest BCUT2D eigenvalue weighted by Crippen LogP contribution is 2.39. The summed E-state index contributed by atoms with van der Waals surface area (Å²) in [5.74, 6) is 0.678. The van der Waals surface area contributed by atoms with Gasteiger partial charge in [-0.1, -0.05) is 6.07 Å². The minimum absolute atomic E-state index is 0.208. The second kappa shape index (κ2) is 7.10. The molecule has 3 aromatic rings. The number of hydrogen-bond acceptors (Lipinski definition) is 6. The van der Waals surface area contributed by atoms with Crippen LogP contribution in [-0.2, 0) is 0 Å². The van der Waals surface area contributed by atoms with E-state index in [1.165, 1.54) is 0 Å². The molecule has 4 rings (SSSR count). The van der Waals surface area contributed by atoms with Crippen molar-refractivity contribution in [3.8, 4) is 5.88 Å². The molecule has 1 aromatic carbocycles. The highest BCUT2D eigenvalue weighted by Gasteiger charge is 2.25. The van der Waals surface area contributed by atoms with Crippen molar-refractivity contribution < 1.29 is 9.84 Å². The Morgan fingerprint density at radius 1 is 1.19 bits per heavy atom. The molecular formula is C20H25N3O2S. The van der Waals surface area contributed by atoms with Crippen LogP contribution in [0.5, 0.6) is 5.88 Å². The minimum atomic E-state index is -0.496. The van der Waals surface area contributed by atoms with E-state index in [1.807, 2.05) is 12.1 Å². The maximum absolute atomic E-state index is 9.93. The standard InChI is InChI=1S/C20H25N3O2S/c1-12(24)13-4-9-17-16(10-13)18-19(21-11-22-20(18)26-17)25-15-7-5-14(6-8-15)23(2)3/h4,9-12,14-15,24H,5-8H2,1-3H3/t12-,14?,15?/m0/s1. The molecule has 1 N–H and O–H groups in total. The molecule has 1 saturated carbocycles. The van der Waals surface area contributed by atoms with Gasteiger partial charge in [0.15, 0.2) is 0 Å². The SMILES string of the molecule is C[C@H](O)c1ccc2sc3ncnc(OC4CCC(N(C)C)CC4)c3c2c1. The van der Waals surface area contributed by atoms with E-state index in [9.17, 15) is 5.11 Å². The summed E-state index contributed by atoms with van der Waals surface area (Å²) in [6.45, 7) is 1.78. The van der Waals surface area contributed by atoms with Crippen molar-refractivity contribution in [2.75, 3.05) is 14.1 Å². The van der Waals surface area contributed by atoms with E-state index in [0.717, 1.165) is 51.5 Å². The van der Waals surface area contributed by atoms with Gasteiger partial charge in [0.25, 0.3) is 0 Å². The van der Waals surface area contributed by atoms with Crippen LogP contribution >= 0.6 is 11.3 Å². The number of benzene rings is 1. The van der Waals surface area contributed by atoms with Crippen LogP contribution in [0.2, 0.25) is 0 Å². The quantitative estimate of drug-likeness (QED) is 0.747. The Bertz CT molecular complexity index is 914. The molecule has 0 amide bonds. The molecular weight excluding hydrogens is 346 g/mol. The lowest BCUT2D eigenvalue weighted by Crippen LogP contribution is -2.35. The van der Waals surface area contributed by atoms with Crippen LogP contribution in [-0.4, -0.2) is 46.2 Å². The van der Waals surface area contributed by atoms with E-state index in [1.54, 1.807) is 24.6 Å². The van der Waals surface area contributed by atoms with Crippen LogP contribution in [0.1, 0.15) is 44.3 Å².